The van der Waals surface area contributed by atoms with Gasteiger partial charge in [-0.15, -0.1) is 0 Å². The number of nitriles is 1. The van der Waals surface area contributed by atoms with E-state index in [-0.39, 0.29) is 22.7 Å². The first-order chi connectivity index (χ1) is 8.80. The van der Waals surface area contributed by atoms with Crippen molar-refractivity contribution in [3.63, 3.8) is 0 Å². The van der Waals surface area contributed by atoms with Gasteiger partial charge in [-0.05, 0) is 17.9 Å². The predicted molar refractivity (Wildman–Crippen MR) is 70.2 cm³/mol. The molecule has 0 aromatic carbocycles. The molecule has 3 rings (SSSR count). The summed E-state index contributed by atoms with van der Waals surface area (Å²) in [4.78, 5) is 12.4. The summed E-state index contributed by atoms with van der Waals surface area (Å²) in [5, 5.41) is 13.8. The van der Waals surface area contributed by atoms with Gasteiger partial charge in [-0.2, -0.15) is 10.4 Å². The Labute approximate surface area is 112 Å². The Balaban J connectivity index is 2.26. The molecular formula is C15H17N3O. The molecule has 0 saturated carbocycles. The summed E-state index contributed by atoms with van der Waals surface area (Å²) >= 11 is 0. The number of hydrogen-bond donors (Lipinski definition) is 0. The van der Waals surface area contributed by atoms with Crippen molar-refractivity contribution in [3.8, 4) is 6.07 Å². The van der Waals surface area contributed by atoms with Crippen LogP contribution in [0, 0.1) is 22.7 Å². The minimum absolute atomic E-state index is 0.0352. The van der Waals surface area contributed by atoms with Gasteiger partial charge in [0.2, 0.25) is 0 Å². The standard InChI is InChI=1S/C15H17N3O/c1-14(2)11-5-9-8-18(4)17-12(9)15(11,3)6-10(7-16)13(14)19/h6,8,11H,5H2,1-4H3/t11-,15+/m1/s1. The van der Waals surface area contributed by atoms with Crippen LogP contribution in [0.15, 0.2) is 17.8 Å². The summed E-state index contributed by atoms with van der Waals surface area (Å²) in [6.07, 6.45) is 4.72. The average molecular weight is 255 g/mol. The molecule has 0 N–H and O–H groups in total. The van der Waals surface area contributed by atoms with E-state index in [0.29, 0.717) is 0 Å². The fraction of sp³-hybridized carbons (Fsp3) is 0.533. The van der Waals surface area contributed by atoms with E-state index in [4.69, 9.17) is 0 Å². The topological polar surface area (TPSA) is 58.7 Å². The van der Waals surface area contributed by atoms with Gasteiger partial charge in [0, 0.05) is 24.1 Å². The molecule has 2 aliphatic carbocycles. The highest BCUT2D eigenvalue weighted by atomic mass is 16.1. The average Bonchev–Trinajstić information content (AvgIpc) is 2.82. The van der Waals surface area contributed by atoms with Gasteiger partial charge in [0.25, 0.3) is 0 Å². The third-order valence-electron chi connectivity index (χ3n) is 4.83. The number of hydrogen-bond acceptors (Lipinski definition) is 3. The molecule has 1 aromatic heterocycles. The highest BCUT2D eigenvalue weighted by molar-refractivity contribution is 6.04. The van der Waals surface area contributed by atoms with Crippen LogP contribution in [0.5, 0.6) is 0 Å². The lowest BCUT2D eigenvalue weighted by Gasteiger charge is -2.43. The summed E-state index contributed by atoms with van der Waals surface area (Å²) in [5.74, 6) is 0.148. The zero-order valence-corrected chi connectivity index (χ0v) is 11.7. The van der Waals surface area contributed by atoms with Gasteiger partial charge in [-0.25, -0.2) is 0 Å². The van der Waals surface area contributed by atoms with Crippen LogP contribution in [0.1, 0.15) is 32.0 Å². The lowest BCUT2D eigenvalue weighted by atomic mass is 9.58. The van der Waals surface area contributed by atoms with Crippen molar-refractivity contribution in [2.75, 3.05) is 0 Å². The lowest BCUT2D eigenvalue weighted by molar-refractivity contribution is -0.127. The number of Topliss-reactive ketones (excluding diaryl/α,β-unsaturated/α-hetero) is 1. The smallest absolute Gasteiger partial charge is 0.178 e. The molecule has 0 amide bonds. The largest absolute Gasteiger partial charge is 0.293 e. The Morgan fingerprint density at radius 1 is 1.47 bits per heavy atom. The molecule has 4 nitrogen and oxygen atoms in total. The van der Waals surface area contributed by atoms with Crippen LogP contribution >= 0.6 is 0 Å². The number of nitrogens with zero attached hydrogens (tertiary/aromatic N) is 3. The fourth-order valence-corrected chi connectivity index (χ4v) is 3.87. The Kier molecular flexibility index (Phi) is 2.15. The summed E-state index contributed by atoms with van der Waals surface area (Å²) in [5.41, 5.74) is 1.68. The van der Waals surface area contributed by atoms with Crippen molar-refractivity contribution in [1.29, 1.82) is 5.26 Å². The SMILES string of the molecule is Cn1cc2c(n1)[C@@]1(C)C=C(C#N)C(=O)C(C)(C)[C@H]1C2. The second-order valence-corrected chi connectivity index (χ2v) is 6.44. The number of carbonyl (C=O) groups excluding carboxylic acids is 1. The monoisotopic (exact) mass is 255 g/mol. The van der Waals surface area contributed by atoms with Crippen LogP contribution in [0.4, 0.5) is 0 Å². The minimum atomic E-state index is -0.513. The van der Waals surface area contributed by atoms with Gasteiger partial charge < -0.3 is 0 Å². The zero-order valence-electron chi connectivity index (χ0n) is 11.7. The third-order valence-corrected chi connectivity index (χ3v) is 4.83. The van der Waals surface area contributed by atoms with E-state index < -0.39 is 5.41 Å². The fourth-order valence-electron chi connectivity index (χ4n) is 3.87. The molecular weight excluding hydrogens is 238 g/mol. The van der Waals surface area contributed by atoms with Crippen LogP contribution < -0.4 is 0 Å². The van der Waals surface area contributed by atoms with Crippen LogP contribution in [0.25, 0.3) is 0 Å². The van der Waals surface area contributed by atoms with Crippen molar-refractivity contribution in [3.05, 3.63) is 29.1 Å². The Bertz CT molecular complexity index is 659. The summed E-state index contributed by atoms with van der Waals surface area (Å²) < 4.78 is 1.81. The Morgan fingerprint density at radius 3 is 2.79 bits per heavy atom. The molecule has 0 spiro atoms. The van der Waals surface area contributed by atoms with Crippen LogP contribution in [0.3, 0.4) is 0 Å². The second kappa shape index (κ2) is 3.36. The molecule has 0 fully saturated rings. The number of fused-ring (bicyclic) bond motifs is 3. The Morgan fingerprint density at radius 2 is 2.16 bits per heavy atom. The number of rotatable bonds is 0. The van der Waals surface area contributed by atoms with E-state index in [1.807, 2.05) is 37.8 Å². The van der Waals surface area contributed by atoms with Crippen LogP contribution in [-0.4, -0.2) is 15.6 Å². The first-order valence-corrected chi connectivity index (χ1v) is 6.51. The number of aryl methyl sites for hydroxylation is 1. The normalized spacial score (nSPS) is 31.4. The maximum atomic E-state index is 12.4. The second-order valence-electron chi connectivity index (χ2n) is 6.44. The van der Waals surface area contributed by atoms with E-state index in [0.717, 1.165) is 12.1 Å². The van der Waals surface area contributed by atoms with E-state index in [9.17, 15) is 10.1 Å². The highest BCUT2D eigenvalue weighted by Crippen LogP contribution is 2.55. The number of allylic oxidation sites excluding steroid dienone is 2. The molecule has 1 heterocycles. The van der Waals surface area contributed by atoms with Crippen molar-refractivity contribution in [2.45, 2.75) is 32.6 Å². The molecule has 0 aliphatic heterocycles. The molecule has 0 radical (unpaired) electrons. The number of ketones is 1. The quantitative estimate of drug-likeness (QED) is 0.711. The highest BCUT2D eigenvalue weighted by Gasteiger charge is 2.56. The van der Waals surface area contributed by atoms with Crippen LogP contribution in [0.2, 0.25) is 0 Å². The molecule has 2 atom stereocenters. The summed E-state index contributed by atoms with van der Waals surface area (Å²) in [6.45, 7) is 6.00. The van der Waals surface area contributed by atoms with E-state index in [1.54, 1.807) is 0 Å². The molecule has 1 aromatic rings. The molecule has 98 valence electrons. The first-order valence-electron chi connectivity index (χ1n) is 6.51. The predicted octanol–water partition coefficient (Wildman–Crippen LogP) is 1.91. The minimum Gasteiger partial charge on any atom is -0.293 e. The maximum Gasteiger partial charge on any atom is 0.178 e. The first kappa shape index (κ1) is 12.2. The zero-order chi connectivity index (χ0) is 14.0. The van der Waals surface area contributed by atoms with Gasteiger partial charge in [-0.3, -0.25) is 9.48 Å². The van der Waals surface area contributed by atoms with Crippen LogP contribution in [-0.2, 0) is 23.7 Å². The van der Waals surface area contributed by atoms with Gasteiger partial charge >= 0.3 is 0 Å². The number of carbonyl (C=O) groups is 1. The summed E-state index contributed by atoms with van der Waals surface area (Å²) in [6, 6.07) is 2.06. The molecule has 2 aliphatic rings. The maximum absolute atomic E-state index is 12.4. The lowest BCUT2D eigenvalue weighted by Crippen LogP contribution is -2.47. The molecule has 0 saturated heterocycles. The van der Waals surface area contributed by atoms with Gasteiger partial charge in [0.05, 0.1) is 11.3 Å². The summed E-state index contributed by atoms with van der Waals surface area (Å²) in [7, 11) is 1.91. The Hall–Kier alpha value is -1.89. The third kappa shape index (κ3) is 1.33. The van der Waals surface area contributed by atoms with E-state index in [2.05, 4.69) is 18.1 Å². The van der Waals surface area contributed by atoms with Crippen molar-refractivity contribution < 1.29 is 4.79 Å². The number of aromatic nitrogens is 2. The van der Waals surface area contributed by atoms with E-state index >= 15 is 0 Å². The molecule has 0 unspecified atom stereocenters. The van der Waals surface area contributed by atoms with Gasteiger partial charge in [0.15, 0.2) is 5.78 Å². The van der Waals surface area contributed by atoms with Gasteiger partial charge in [-0.1, -0.05) is 26.8 Å². The molecule has 4 heteroatoms. The van der Waals surface area contributed by atoms with Crippen molar-refractivity contribution in [2.24, 2.45) is 18.4 Å². The van der Waals surface area contributed by atoms with Crippen molar-refractivity contribution in [1.82, 2.24) is 9.78 Å². The molecule has 0 bridgehead atoms. The van der Waals surface area contributed by atoms with E-state index in [1.165, 1.54) is 5.56 Å². The molecule has 19 heavy (non-hydrogen) atoms. The van der Waals surface area contributed by atoms with Gasteiger partial charge in [0.1, 0.15) is 6.07 Å². The van der Waals surface area contributed by atoms with Crippen molar-refractivity contribution >= 4 is 5.78 Å².